The molecule has 0 radical (unpaired) electrons. The van der Waals surface area contributed by atoms with Gasteiger partial charge < -0.3 is 9.80 Å². The highest BCUT2D eigenvalue weighted by Crippen LogP contribution is 2.41. The highest BCUT2D eigenvalue weighted by molar-refractivity contribution is 5.85. The molecular formula is C84H62N2. The van der Waals surface area contributed by atoms with Crippen LogP contribution in [0, 0.1) is 0 Å². The Bertz CT molecular complexity index is 4420. The molecule has 0 aromatic heterocycles. The van der Waals surface area contributed by atoms with E-state index in [1.54, 1.807) is 0 Å². The molecule has 1 aliphatic rings. The van der Waals surface area contributed by atoms with Gasteiger partial charge in [0.1, 0.15) is 0 Å². The lowest BCUT2D eigenvalue weighted by molar-refractivity contribution is 1.05. The van der Waals surface area contributed by atoms with E-state index >= 15 is 0 Å². The SMILES string of the molecule is C1=CCCC(c2ccc(-c3ccc(N(c4ccc(-c5ccc(-c6ccccc6)cc5)cc4)c4ccc(-c5ccc(-c6ccc(N(c7ccc(-c8ccccc8)cc7)c7ccc(-c8ccc(-c9ccccc9)cc8)cc7)cc6)cc5)cc4)cc3)cc2)=C1. The molecule has 0 saturated carbocycles. The fraction of sp³-hybridized carbons (Fsp3) is 0.0238. The lowest BCUT2D eigenvalue weighted by atomic mass is 9.95. The van der Waals surface area contributed by atoms with Gasteiger partial charge in [-0.15, -0.1) is 0 Å². The summed E-state index contributed by atoms with van der Waals surface area (Å²) in [7, 11) is 0. The third kappa shape index (κ3) is 11.5. The van der Waals surface area contributed by atoms with Crippen LogP contribution < -0.4 is 9.80 Å². The van der Waals surface area contributed by atoms with Gasteiger partial charge in [-0.05, 0) is 186 Å². The number of hydrogen-bond acceptors (Lipinski definition) is 2. The van der Waals surface area contributed by atoms with Gasteiger partial charge in [0.05, 0.1) is 0 Å². The molecule has 0 unspecified atom stereocenters. The quantitative estimate of drug-likeness (QED) is 0.101. The Labute approximate surface area is 505 Å². The van der Waals surface area contributed by atoms with E-state index in [-0.39, 0.29) is 0 Å². The molecule has 0 N–H and O–H groups in total. The largest absolute Gasteiger partial charge is 0.311 e. The molecule has 13 aromatic rings. The minimum absolute atomic E-state index is 1.09. The van der Waals surface area contributed by atoms with Crippen molar-refractivity contribution in [3.05, 3.63) is 357 Å². The van der Waals surface area contributed by atoms with Crippen molar-refractivity contribution in [1.82, 2.24) is 0 Å². The molecule has 0 atom stereocenters. The van der Waals surface area contributed by atoms with Gasteiger partial charge in [0.2, 0.25) is 0 Å². The molecule has 86 heavy (non-hydrogen) atoms. The monoisotopic (exact) mass is 1100 g/mol. The Balaban J connectivity index is 0.717. The molecule has 0 fully saturated rings. The van der Waals surface area contributed by atoms with Crippen molar-refractivity contribution in [3.8, 4) is 89.0 Å². The van der Waals surface area contributed by atoms with Crippen LogP contribution in [0.3, 0.4) is 0 Å². The minimum atomic E-state index is 1.09. The molecule has 0 saturated heterocycles. The number of anilines is 6. The summed E-state index contributed by atoms with van der Waals surface area (Å²) in [5.74, 6) is 0. The Morgan fingerprint density at radius 2 is 0.349 bits per heavy atom. The maximum Gasteiger partial charge on any atom is 0.0462 e. The number of nitrogens with zero attached hydrogens (tertiary/aromatic N) is 2. The molecule has 408 valence electrons. The van der Waals surface area contributed by atoms with Crippen LogP contribution >= 0.6 is 0 Å². The molecule has 2 nitrogen and oxygen atoms in total. The molecule has 14 rings (SSSR count). The van der Waals surface area contributed by atoms with Gasteiger partial charge in [0.25, 0.3) is 0 Å². The third-order valence-electron chi connectivity index (χ3n) is 16.7. The van der Waals surface area contributed by atoms with Gasteiger partial charge in [-0.1, -0.05) is 279 Å². The van der Waals surface area contributed by atoms with Crippen LogP contribution in [-0.2, 0) is 0 Å². The highest BCUT2D eigenvalue weighted by Gasteiger charge is 2.17. The Morgan fingerprint density at radius 3 is 0.535 bits per heavy atom. The van der Waals surface area contributed by atoms with Crippen LogP contribution in [0.25, 0.3) is 94.6 Å². The summed E-state index contributed by atoms with van der Waals surface area (Å²) in [4.78, 5) is 4.70. The van der Waals surface area contributed by atoms with Crippen molar-refractivity contribution in [1.29, 1.82) is 0 Å². The summed E-state index contributed by atoms with van der Waals surface area (Å²) >= 11 is 0. The van der Waals surface area contributed by atoms with Crippen LogP contribution in [0.1, 0.15) is 18.4 Å². The smallest absolute Gasteiger partial charge is 0.0462 e. The van der Waals surface area contributed by atoms with Crippen molar-refractivity contribution < 1.29 is 0 Å². The van der Waals surface area contributed by atoms with E-state index < -0.39 is 0 Å². The summed E-state index contributed by atoms with van der Waals surface area (Å²) in [5.41, 5.74) is 28.3. The topological polar surface area (TPSA) is 6.48 Å². The first kappa shape index (κ1) is 53.0. The minimum Gasteiger partial charge on any atom is -0.311 e. The van der Waals surface area contributed by atoms with E-state index in [0.717, 1.165) is 58.1 Å². The van der Waals surface area contributed by atoms with Gasteiger partial charge in [-0.3, -0.25) is 0 Å². The Morgan fingerprint density at radius 1 is 0.174 bits per heavy atom. The van der Waals surface area contributed by atoms with E-state index in [1.807, 2.05) is 0 Å². The summed E-state index contributed by atoms with van der Waals surface area (Å²) in [5, 5.41) is 0. The van der Waals surface area contributed by atoms with E-state index in [4.69, 9.17) is 0 Å². The summed E-state index contributed by atoms with van der Waals surface area (Å²) in [6, 6.07) is 121. The van der Waals surface area contributed by atoms with Gasteiger partial charge in [-0.25, -0.2) is 0 Å². The molecule has 13 aromatic carbocycles. The van der Waals surface area contributed by atoms with E-state index in [2.05, 4.69) is 362 Å². The van der Waals surface area contributed by atoms with Crippen molar-refractivity contribution in [2.45, 2.75) is 12.8 Å². The first-order valence-corrected chi connectivity index (χ1v) is 29.8. The first-order chi connectivity index (χ1) is 42.6. The second-order valence-electron chi connectivity index (χ2n) is 22.0. The van der Waals surface area contributed by atoms with E-state index in [9.17, 15) is 0 Å². The summed E-state index contributed by atoms with van der Waals surface area (Å²) < 4.78 is 0. The van der Waals surface area contributed by atoms with Crippen LogP contribution in [0.4, 0.5) is 34.1 Å². The summed E-state index contributed by atoms with van der Waals surface area (Å²) in [6.07, 6.45) is 8.84. The average molecular weight is 1100 g/mol. The molecule has 0 bridgehead atoms. The highest BCUT2D eigenvalue weighted by atomic mass is 15.1. The zero-order valence-corrected chi connectivity index (χ0v) is 47.8. The molecular weight excluding hydrogens is 1040 g/mol. The second kappa shape index (κ2) is 24.4. The van der Waals surface area contributed by atoms with Gasteiger partial charge >= 0.3 is 0 Å². The molecule has 0 amide bonds. The van der Waals surface area contributed by atoms with E-state index in [0.29, 0.717) is 0 Å². The van der Waals surface area contributed by atoms with Crippen LogP contribution in [0.2, 0.25) is 0 Å². The number of rotatable bonds is 15. The normalized spacial score (nSPS) is 11.9. The maximum atomic E-state index is 2.36. The van der Waals surface area contributed by atoms with Crippen LogP contribution in [0.5, 0.6) is 0 Å². The molecule has 2 heteroatoms. The number of hydrogen-bond donors (Lipinski definition) is 0. The van der Waals surface area contributed by atoms with E-state index in [1.165, 1.54) is 89.0 Å². The fourth-order valence-corrected chi connectivity index (χ4v) is 11.9. The Kier molecular flexibility index (Phi) is 15.0. The maximum absolute atomic E-state index is 2.36. The third-order valence-corrected chi connectivity index (χ3v) is 16.7. The van der Waals surface area contributed by atoms with Crippen molar-refractivity contribution in [2.24, 2.45) is 0 Å². The molecule has 0 spiro atoms. The standard InChI is InChI=1S/C84H62N2/c1-5-13-61(14-6-1)65-21-27-68(28-22-65)74-39-51-80(52-40-74)85(79-49-37-73(38-50-79)64-19-11-4-12-20-64)81-57-45-77(46-58-81)71-33-35-72(36-34-71)78-47-59-84(60-48-78)86(82-53-41-75(42-54-82)69-29-23-66(24-30-69)62-15-7-2-8-16-62)83-55-43-76(44-56-83)70-31-25-67(26-32-70)63-17-9-3-10-18-63/h1-9,11-17,19-60H,10,18H2. The van der Waals surface area contributed by atoms with Crippen molar-refractivity contribution >= 4 is 39.7 Å². The molecule has 1 aliphatic carbocycles. The predicted molar refractivity (Wildman–Crippen MR) is 366 cm³/mol. The summed E-state index contributed by atoms with van der Waals surface area (Å²) in [6.45, 7) is 0. The van der Waals surface area contributed by atoms with Gasteiger partial charge in [-0.2, -0.15) is 0 Å². The average Bonchev–Trinajstić information content (AvgIpc) is 2.86. The van der Waals surface area contributed by atoms with Crippen LogP contribution in [0.15, 0.2) is 352 Å². The fourth-order valence-electron chi connectivity index (χ4n) is 11.9. The predicted octanol–water partition coefficient (Wildman–Crippen LogP) is 23.7. The van der Waals surface area contributed by atoms with Crippen molar-refractivity contribution in [3.63, 3.8) is 0 Å². The first-order valence-electron chi connectivity index (χ1n) is 29.8. The number of benzene rings is 13. The number of allylic oxidation sites excluding steroid dienone is 4. The lowest BCUT2D eigenvalue weighted by Crippen LogP contribution is -2.09. The zero-order chi connectivity index (χ0) is 57.4. The van der Waals surface area contributed by atoms with Gasteiger partial charge in [0.15, 0.2) is 0 Å². The Hall–Kier alpha value is -11.1. The lowest BCUT2D eigenvalue weighted by Gasteiger charge is -2.26. The zero-order valence-electron chi connectivity index (χ0n) is 47.8. The van der Waals surface area contributed by atoms with Crippen LogP contribution in [-0.4, -0.2) is 0 Å². The molecule has 0 heterocycles. The van der Waals surface area contributed by atoms with Crippen molar-refractivity contribution in [2.75, 3.05) is 9.80 Å². The second-order valence-corrected chi connectivity index (χ2v) is 22.0. The van der Waals surface area contributed by atoms with Gasteiger partial charge in [0, 0.05) is 34.1 Å². The molecule has 0 aliphatic heterocycles.